The van der Waals surface area contributed by atoms with Crippen LogP contribution in [0.3, 0.4) is 0 Å². The molecule has 0 unspecified atom stereocenters. The summed E-state index contributed by atoms with van der Waals surface area (Å²) in [5, 5.41) is 34.2. The molecule has 0 saturated heterocycles. The Balaban J connectivity index is 0.00000320. The van der Waals surface area contributed by atoms with Crippen LogP contribution in [0.1, 0.15) is 5.69 Å². The summed E-state index contributed by atoms with van der Waals surface area (Å²) < 4.78 is 34.7. The Morgan fingerprint density at radius 1 is 1.13 bits per heavy atom. The molecule has 0 fully saturated rings. The fraction of sp³-hybridized carbons (Fsp3) is 0.0625. The predicted octanol–water partition coefficient (Wildman–Crippen LogP) is 1.40. The van der Waals surface area contributed by atoms with Crippen LogP contribution in [0.15, 0.2) is 62.4 Å². The van der Waals surface area contributed by atoms with E-state index in [1.165, 1.54) is 6.92 Å². The average Bonchev–Trinajstić information content (AvgIpc) is 2.94. The van der Waals surface area contributed by atoms with Gasteiger partial charge in [0, 0.05) is 17.8 Å². The fourth-order valence-corrected chi connectivity index (χ4v) is 3.00. The number of aryl methyl sites for hydroxylation is 1. The third kappa shape index (κ3) is 4.47. The Labute approximate surface area is 179 Å². The normalized spacial score (nSPS) is 11.4. The van der Waals surface area contributed by atoms with Crippen molar-refractivity contribution in [2.45, 2.75) is 11.8 Å². The maximum atomic E-state index is 12.5. The van der Waals surface area contributed by atoms with Crippen molar-refractivity contribution in [3.8, 4) is 11.4 Å². The topological polar surface area (TPSA) is 184 Å². The largest absolute Gasteiger partial charge is 3.00 e. The van der Waals surface area contributed by atoms with E-state index in [9.17, 15) is 33.0 Å². The summed E-state index contributed by atoms with van der Waals surface area (Å²) in [6.07, 6.45) is 0. The zero-order chi connectivity index (χ0) is 21.3. The van der Waals surface area contributed by atoms with Crippen molar-refractivity contribution in [3.63, 3.8) is 0 Å². The number of aromatic nitrogens is 2. The molecule has 0 spiro atoms. The maximum Gasteiger partial charge on any atom is 3.00 e. The van der Waals surface area contributed by atoms with Gasteiger partial charge in [-0.15, -0.1) is 10.8 Å². The minimum absolute atomic E-state index is 0. The Bertz CT molecular complexity index is 1300. The van der Waals surface area contributed by atoms with Gasteiger partial charge in [0.2, 0.25) is 0 Å². The summed E-state index contributed by atoms with van der Waals surface area (Å²) in [6.45, 7) is 1.45. The van der Waals surface area contributed by atoms with Gasteiger partial charge in [-0.25, -0.2) is 8.42 Å². The van der Waals surface area contributed by atoms with Crippen LogP contribution in [0, 0.1) is 17.0 Å². The SMILES string of the molecule is Cc1[n-]n(-c2ccccc2)c(=O)c1N=Nc1cc([N+](=O)[O-])cc(S(=O)(=O)[O-])c1[O-].[Cr+3]. The fourth-order valence-electron chi connectivity index (χ4n) is 2.40. The van der Waals surface area contributed by atoms with E-state index in [-0.39, 0.29) is 28.7 Å². The summed E-state index contributed by atoms with van der Waals surface area (Å²) >= 11 is 0. The van der Waals surface area contributed by atoms with Crippen LogP contribution in [0.4, 0.5) is 17.1 Å². The van der Waals surface area contributed by atoms with Crippen LogP contribution in [-0.2, 0) is 27.5 Å². The number of hydrogen-bond acceptors (Lipinski definition) is 9. The second-order valence-corrected chi connectivity index (χ2v) is 7.04. The standard InChI is InChI=1S/C16H13N5O7S.Cr/c1-9-14(16(23)20(19-9)10-5-3-2-4-6-10)18-17-12-7-11(21(24)25)8-13(15(12)22)29(26,27)28;/h2-8H,1H3,(H3,17,18,19,22,23,26,27,28);/q;+3/p-3. The van der Waals surface area contributed by atoms with Gasteiger partial charge in [-0.2, -0.15) is 5.11 Å². The molecule has 0 aliphatic rings. The van der Waals surface area contributed by atoms with Crippen LogP contribution in [0.5, 0.6) is 5.75 Å². The minimum Gasteiger partial charge on any atom is -0.870 e. The molecular weight excluding hydrogens is 458 g/mol. The van der Waals surface area contributed by atoms with Crippen molar-refractivity contribution >= 4 is 27.2 Å². The number of rotatable bonds is 5. The van der Waals surface area contributed by atoms with E-state index in [4.69, 9.17) is 0 Å². The number of non-ortho nitro benzene ring substituents is 1. The summed E-state index contributed by atoms with van der Waals surface area (Å²) in [5.41, 5.74) is -1.95. The number of nitro groups is 1. The van der Waals surface area contributed by atoms with Crippen LogP contribution < -0.4 is 15.8 Å². The van der Waals surface area contributed by atoms with Crippen molar-refractivity contribution in [2.24, 2.45) is 10.2 Å². The van der Waals surface area contributed by atoms with E-state index in [0.29, 0.717) is 17.8 Å². The first-order valence-corrected chi connectivity index (χ1v) is 9.19. The Morgan fingerprint density at radius 3 is 2.33 bits per heavy atom. The van der Waals surface area contributed by atoms with E-state index in [0.717, 1.165) is 4.68 Å². The zero-order valence-electron chi connectivity index (χ0n) is 15.0. The molecule has 0 N–H and O–H groups in total. The molecule has 2 aromatic carbocycles. The molecule has 3 aromatic rings. The Kier molecular flexibility index (Phi) is 6.58. The van der Waals surface area contributed by atoms with Crippen molar-refractivity contribution in [2.75, 3.05) is 0 Å². The smallest absolute Gasteiger partial charge is 0.870 e. The number of nitrogens with zero attached hydrogens (tertiary/aromatic N) is 5. The van der Waals surface area contributed by atoms with Crippen molar-refractivity contribution in [3.05, 3.63) is 68.6 Å². The number of para-hydroxylation sites is 1. The van der Waals surface area contributed by atoms with Gasteiger partial charge in [0.1, 0.15) is 15.8 Å². The number of benzene rings is 2. The van der Waals surface area contributed by atoms with Crippen LogP contribution >= 0.6 is 0 Å². The van der Waals surface area contributed by atoms with Crippen LogP contribution in [0.2, 0.25) is 0 Å². The molecular formula is C16H10CrN5O7S. The van der Waals surface area contributed by atoms with Gasteiger partial charge in [0.15, 0.2) is 0 Å². The minimum atomic E-state index is -5.29. The van der Waals surface area contributed by atoms with Crippen LogP contribution in [0.25, 0.3) is 5.69 Å². The Hall–Kier alpha value is -3.31. The molecule has 0 aliphatic carbocycles. The van der Waals surface area contributed by atoms with Crippen molar-refractivity contribution in [1.82, 2.24) is 9.78 Å². The molecule has 14 heteroatoms. The van der Waals surface area contributed by atoms with Gasteiger partial charge < -0.3 is 19.4 Å². The second kappa shape index (κ2) is 8.59. The monoisotopic (exact) mass is 468 g/mol. The molecule has 30 heavy (non-hydrogen) atoms. The van der Waals surface area contributed by atoms with Crippen molar-refractivity contribution in [1.29, 1.82) is 0 Å². The van der Waals surface area contributed by atoms with E-state index >= 15 is 0 Å². The molecule has 1 radical (unpaired) electrons. The average molecular weight is 468 g/mol. The number of azo groups is 1. The summed E-state index contributed by atoms with van der Waals surface area (Å²) in [6, 6.07) is 9.36. The first-order chi connectivity index (χ1) is 13.6. The number of nitro benzene ring substituents is 1. The molecule has 0 aliphatic heterocycles. The van der Waals surface area contributed by atoms with Gasteiger partial charge in [-0.3, -0.25) is 14.9 Å². The van der Waals surface area contributed by atoms with Gasteiger partial charge in [0.05, 0.1) is 15.5 Å². The molecule has 3 rings (SSSR count). The summed E-state index contributed by atoms with van der Waals surface area (Å²) in [5.74, 6) is -1.37. The molecule has 153 valence electrons. The van der Waals surface area contributed by atoms with Crippen molar-refractivity contribution < 1.29 is 40.4 Å². The van der Waals surface area contributed by atoms with Gasteiger partial charge >= 0.3 is 17.4 Å². The van der Waals surface area contributed by atoms with E-state index < -0.39 is 42.6 Å². The van der Waals surface area contributed by atoms with E-state index in [1.54, 1.807) is 30.3 Å². The summed E-state index contributed by atoms with van der Waals surface area (Å²) in [7, 11) is -5.29. The maximum absolute atomic E-state index is 12.5. The van der Waals surface area contributed by atoms with Gasteiger partial charge in [-0.05, 0) is 12.1 Å². The zero-order valence-corrected chi connectivity index (χ0v) is 17.0. The van der Waals surface area contributed by atoms with Gasteiger partial charge in [0.25, 0.3) is 11.2 Å². The molecule has 12 nitrogen and oxygen atoms in total. The van der Waals surface area contributed by atoms with E-state index in [2.05, 4.69) is 15.3 Å². The molecule has 1 aromatic heterocycles. The first-order valence-electron chi connectivity index (χ1n) is 7.78. The molecule has 0 atom stereocenters. The van der Waals surface area contributed by atoms with Gasteiger partial charge in [-0.1, -0.05) is 30.9 Å². The quantitative estimate of drug-likeness (QED) is 0.233. The third-order valence-electron chi connectivity index (χ3n) is 3.75. The van der Waals surface area contributed by atoms with E-state index in [1.807, 2.05) is 0 Å². The molecule has 1 heterocycles. The second-order valence-electron chi connectivity index (χ2n) is 5.69. The van der Waals surface area contributed by atoms with Crippen LogP contribution in [-0.4, -0.2) is 22.6 Å². The third-order valence-corrected chi connectivity index (χ3v) is 4.59. The molecule has 0 amide bonds. The Morgan fingerprint density at radius 2 is 1.77 bits per heavy atom. The predicted molar refractivity (Wildman–Crippen MR) is 94.8 cm³/mol. The molecule has 0 bridgehead atoms. The molecule has 0 saturated carbocycles. The first kappa shape index (κ1) is 23.0. The number of hydrogen-bond donors (Lipinski definition) is 0. The summed E-state index contributed by atoms with van der Waals surface area (Å²) in [4.78, 5) is 21.1.